The summed E-state index contributed by atoms with van der Waals surface area (Å²) in [5, 5.41) is 15.1. The van der Waals surface area contributed by atoms with Crippen LogP contribution in [0.1, 0.15) is 29.6 Å². The standard InChI is InChI=1S/C12H17N3O.C6H5FO/c16-12(11-4-13-14-5-11)8-15-6-9-2-1-3-10(9)7-15;7-5-1-3-6(8)4-2-5/h4-5,9-10H,1-3,6-8H2,(H,13,14);1-4,8H. The van der Waals surface area contributed by atoms with Gasteiger partial charge in [0.15, 0.2) is 5.78 Å². The second-order valence-corrected chi connectivity index (χ2v) is 6.53. The molecule has 0 bridgehead atoms. The van der Waals surface area contributed by atoms with Crippen molar-refractivity contribution in [3.05, 3.63) is 48.0 Å². The van der Waals surface area contributed by atoms with E-state index >= 15 is 0 Å². The van der Waals surface area contributed by atoms with Gasteiger partial charge in [0.25, 0.3) is 0 Å². The molecule has 1 aliphatic carbocycles. The number of carbonyl (C=O) groups excluding carboxylic acids is 1. The van der Waals surface area contributed by atoms with Crippen molar-refractivity contribution in [2.24, 2.45) is 11.8 Å². The lowest BCUT2D eigenvalue weighted by atomic mass is 10.0. The molecule has 0 spiro atoms. The maximum Gasteiger partial charge on any atom is 0.179 e. The minimum atomic E-state index is -0.331. The van der Waals surface area contributed by atoms with Crippen molar-refractivity contribution >= 4 is 5.78 Å². The number of nitrogens with one attached hydrogen (secondary N) is 1. The number of hydrogen-bond donors (Lipinski definition) is 2. The van der Waals surface area contributed by atoms with Crippen molar-refractivity contribution in [2.75, 3.05) is 19.6 Å². The van der Waals surface area contributed by atoms with E-state index in [9.17, 15) is 9.18 Å². The Morgan fingerprint density at radius 3 is 2.46 bits per heavy atom. The van der Waals surface area contributed by atoms with Crippen LogP contribution in [0.15, 0.2) is 36.7 Å². The summed E-state index contributed by atoms with van der Waals surface area (Å²) in [6.07, 6.45) is 7.40. The lowest BCUT2D eigenvalue weighted by Gasteiger charge is -2.14. The number of rotatable bonds is 3. The van der Waals surface area contributed by atoms with Gasteiger partial charge in [-0.15, -0.1) is 0 Å². The van der Waals surface area contributed by atoms with Gasteiger partial charge in [-0.2, -0.15) is 5.10 Å². The number of H-pyrrole nitrogens is 1. The van der Waals surface area contributed by atoms with Crippen molar-refractivity contribution < 1.29 is 14.3 Å². The zero-order valence-corrected chi connectivity index (χ0v) is 13.5. The Morgan fingerprint density at radius 1 is 1.25 bits per heavy atom. The molecule has 2 atom stereocenters. The van der Waals surface area contributed by atoms with E-state index in [0.717, 1.165) is 24.9 Å². The molecule has 2 unspecified atom stereocenters. The van der Waals surface area contributed by atoms with Crippen LogP contribution in [0.2, 0.25) is 0 Å². The molecule has 1 saturated carbocycles. The summed E-state index contributed by atoms with van der Waals surface area (Å²) in [4.78, 5) is 14.2. The van der Waals surface area contributed by atoms with Crippen LogP contribution in [0.25, 0.3) is 0 Å². The summed E-state index contributed by atoms with van der Waals surface area (Å²) in [6, 6.07) is 5.01. The van der Waals surface area contributed by atoms with Crippen molar-refractivity contribution in [1.82, 2.24) is 15.1 Å². The number of halogens is 1. The Hall–Kier alpha value is -2.21. The molecule has 2 N–H and O–H groups in total. The van der Waals surface area contributed by atoms with Gasteiger partial charge in [0, 0.05) is 19.3 Å². The molecule has 1 aliphatic heterocycles. The van der Waals surface area contributed by atoms with Gasteiger partial charge in [0.2, 0.25) is 0 Å². The summed E-state index contributed by atoms with van der Waals surface area (Å²) in [7, 11) is 0. The van der Waals surface area contributed by atoms with Gasteiger partial charge in [0.05, 0.1) is 18.3 Å². The van der Waals surface area contributed by atoms with Gasteiger partial charge in [-0.05, 0) is 48.9 Å². The van der Waals surface area contributed by atoms with Crippen LogP contribution in [-0.4, -0.2) is 45.6 Å². The van der Waals surface area contributed by atoms with Crippen LogP contribution in [-0.2, 0) is 0 Å². The predicted molar refractivity (Wildman–Crippen MR) is 88.3 cm³/mol. The van der Waals surface area contributed by atoms with Gasteiger partial charge < -0.3 is 5.11 Å². The third-order valence-corrected chi connectivity index (χ3v) is 4.82. The number of Topliss-reactive ketones (excluding diaryl/α,β-unsaturated/α-hetero) is 1. The molecular formula is C18H22FN3O2. The number of carbonyl (C=O) groups is 1. The topological polar surface area (TPSA) is 69.2 Å². The fraction of sp³-hybridized carbons (Fsp3) is 0.444. The molecule has 6 heteroatoms. The van der Waals surface area contributed by atoms with Crippen LogP contribution < -0.4 is 0 Å². The number of aromatic hydroxyl groups is 1. The van der Waals surface area contributed by atoms with Gasteiger partial charge >= 0.3 is 0 Å². The normalized spacial score (nSPS) is 22.7. The zero-order valence-electron chi connectivity index (χ0n) is 13.5. The van der Waals surface area contributed by atoms with E-state index in [0.29, 0.717) is 12.1 Å². The quantitative estimate of drug-likeness (QED) is 0.849. The number of benzene rings is 1. The zero-order chi connectivity index (χ0) is 16.9. The first-order valence-electron chi connectivity index (χ1n) is 8.30. The Bertz CT molecular complexity index is 624. The monoisotopic (exact) mass is 331 g/mol. The molecule has 5 nitrogen and oxygen atoms in total. The average molecular weight is 331 g/mol. The third-order valence-electron chi connectivity index (χ3n) is 4.82. The van der Waals surface area contributed by atoms with E-state index in [2.05, 4.69) is 15.1 Å². The number of hydrogen-bond acceptors (Lipinski definition) is 4. The van der Waals surface area contributed by atoms with Crippen molar-refractivity contribution in [3.8, 4) is 5.75 Å². The van der Waals surface area contributed by atoms with Gasteiger partial charge in [-0.25, -0.2) is 4.39 Å². The van der Waals surface area contributed by atoms with E-state index in [1.807, 2.05) is 0 Å². The van der Waals surface area contributed by atoms with Crippen LogP contribution >= 0.6 is 0 Å². The Morgan fingerprint density at radius 2 is 1.92 bits per heavy atom. The average Bonchev–Trinajstić information content (AvgIpc) is 3.27. The molecule has 2 aromatic rings. The molecule has 0 amide bonds. The highest BCUT2D eigenvalue weighted by atomic mass is 19.1. The van der Waals surface area contributed by atoms with E-state index in [1.54, 1.807) is 12.4 Å². The smallest absolute Gasteiger partial charge is 0.179 e. The predicted octanol–water partition coefficient (Wildman–Crippen LogP) is 2.86. The van der Waals surface area contributed by atoms with Crippen molar-refractivity contribution in [1.29, 1.82) is 0 Å². The van der Waals surface area contributed by atoms with Gasteiger partial charge in [-0.3, -0.25) is 14.8 Å². The number of phenolic OH excluding ortho intramolecular Hbond substituents is 1. The molecular weight excluding hydrogens is 309 g/mol. The molecule has 2 fully saturated rings. The van der Waals surface area contributed by atoms with Crippen LogP contribution in [0.5, 0.6) is 5.75 Å². The molecule has 0 radical (unpaired) electrons. The summed E-state index contributed by atoms with van der Waals surface area (Å²) in [6.45, 7) is 2.80. The number of phenols is 1. The highest BCUT2D eigenvalue weighted by Crippen LogP contribution is 2.37. The number of fused-ring (bicyclic) bond motifs is 1. The maximum atomic E-state index is 12.0. The second-order valence-electron chi connectivity index (χ2n) is 6.53. The fourth-order valence-electron chi connectivity index (χ4n) is 3.60. The second kappa shape index (κ2) is 7.57. The molecule has 24 heavy (non-hydrogen) atoms. The van der Waals surface area contributed by atoms with E-state index < -0.39 is 0 Å². The lowest BCUT2D eigenvalue weighted by Crippen LogP contribution is -2.28. The minimum absolute atomic E-state index is 0.0893. The van der Waals surface area contributed by atoms with E-state index in [1.165, 1.54) is 43.5 Å². The first kappa shape index (κ1) is 16.6. The minimum Gasteiger partial charge on any atom is -0.508 e. The van der Waals surface area contributed by atoms with Crippen molar-refractivity contribution in [2.45, 2.75) is 19.3 Å². The highest BCUT2D eigenvalue weighted by molar-refractivity contribution is 5.97. The molecule has 1 saturated heterocycles. The molecule has 4 rings (SSSR count). The largest absolute Gasteiger partial charge is 0.508 e. The van der Waals surface area contributed by atoms with Gasteiger partial charge in [0.1, 0.15) is 11.6 Å². The number of ketones is 1. The Kier molecular flexibility index (Phi) is 5.25. The molecule has 2 aliphatic rings. The third kappa shape index (κ3) is 4.20. The molecule has 2 heterocycles. The Balaban J connectivity index is 0.000000179. The first-order chi connectivity index (χ1) is 11.6. The number of aromatic nitrogens is 2. The van der Waals surface area contributed by atoms with Crippen LogP contribution in [0.3, 0.4) is 0 Å². The SMILES string of the molecule is O=C(CN1CC2CCCC2C1)c1cn[nH]c1.Oc1ccc(F)cc1. The maximum absolute atomic E-state index is 12.0. The summed E-state index contributed by atoms with van der Waals surface area (Å²) in [5.41, 5.74) is 0.706. The van der Waals surface area contributed by atoms with E-state index in [4.69, 9.17) is 5.11 Å². The highest BCUT2D eigenvalue weighted by Gasteiger charge is 2.36. The number of aromatic amines is 1. The molecule has 128 valence electrons. The summed E-state index contributed by atoms with van der Waals surface area (Å²) in [5.74, 6) is 1.66. The number of nitrogens with zero attached hydrogens (tertiary/aromatic N) is 2. The van der Waals surface area contributed by atoms with Gasteiger partial charge in [-0.1, -0.05) is 6.42 Å². The molecule has 1 aromatic carbocycles. The lowest BCUT2D eigenvalue weighted by molar-refractivity contribution is 0.0941. The van der Waals surface area contributed by atoms with Crippen molar-refractivity contribution in [3.63, 3.8) is 0 Å². The first-order valence-corrected chi connectivity index (χ1v) is 8.30. The Labute approximate surface area is 140 Å². The summed E-state index contributed by atoms with van der Waals surface area (Å²) >= 11 is 0. The number of likely N-dealkylation sites (tertiary alicyclic amines) is 1. The van der Waals surface area contributed by atoms with Crippen LogP contribution in [0.4, 0.5) is 4.39 Å². The molecule has 1 aromatic heterocycles. The fourth-order valence-corrected chi connectivity index (χ4v) is 3.60. The summed E-state index contributed by atoms with van der Waals surface area (Å²) < 4.78 is 12.0. The van der Waals surface area contributed by atoms with Crippen LogP contribution in [0, 0.1) is 17.7 Å². The van der Waals surface area contributed by atoms with E-state index in [-0.39, 0.29) is 17.3 Å².